The molecule has 1 fully saturated rings. The molecular weight excluding hydrogens is 436 g/mol. The topological polar surface area (TPSA) is 113 Å². The van der Waals surface area contributed by atoms with Crippen molar-refractivity contribution < 1.29 is 5.11 Å². The van der Waals surface area contributed by atoms with Gasteiger partial charge in [-0.3, -0.25) is 0 Å². The first-order valence-corrected chi connectivity index (χ1v) is 11.8. The Morgan fingerprint density at radius 2 is 1.91 bits per heavy atom. The van der Waals surface area contributed by atoms with Gasteiger partial charge in [0.15, 0.2) is 11.3 Å². The largest absolute Gasteiger partial charge is 0.390 e. The lowest BCUT2D eigenvalue weighted by molar-refractivity contribution is -0.0588. The molecule has 0 bridgehead atoms. The van der Waals surface area contributed by atoms with Gasteiger partial charge in [-0.15, -0.1) is 0 Å². The highest BCUT2D eigenvalue weighted by Gasteiger charge is 2.50. The molecule has 0 amide bonds. The number of nitrogens with zero attached hydrogens (tertiary/aromatic N) is 5. The average Bonchev–Trinajstić information content (AvgIpc) is 3.22. The standard InChI is InChI=1S/C28H26N6O/c1-17-11-24-31-14-20-12-23(22-6-4-3-5-19(22)13-29)25(32-26(20)34(24)33-17)18-7-9-21(10-8-18)28(30)15-27(2,35)16-28/h3-7,9,11-12,14,35H,8,10,15-16,30H2,1-2H3. The van der Waals surface area contributed by atoms with Crippen LogP contribution in [0.2, 0.25) is 0 Å². The number of aliphatic hydroxyl groups is 1. The first-order valence-electron chi connectivity index (χ1n) is 11.8. The van der Waals surface area contributed by atoms with Crippen LogP contribution >= 0.6 is 0 Å². The van der Waals surface area contributed by atoms with E-state index in [4.69, 9.17) is 10.7 Å². The summed E-state index contributed by atoms with van der Waals surface area (Å²) in [6, 6.07) is 13.9. The number of nitrogens with two attached hydrogens (primary N) is 1. The number of hydrogen-bond donors (Lipinski definition) is 2. The van der Waals surface area contributed by atoms with Crippen LogP contribution in [0.25, 0.3) is 33.4 Å². The van der Waals surface area contributed by atoms with Gasteiger partial charge in [-0.05, 0) is 62.8 Å². The molecule has 0 atom stereocenters. The minimum Gasteiger partial charge on any atom is -0.390 e. The number of hydrogen-bond acceptors (Lipinski definition) is 6. The highest BCUT2D eigenvalue weighted by molar-refractivity contribution is 5.91. The zero-order valence-corrected chi connectivity index (χ0v) is 19.8. The van der Waals surface area contributed by atoms with E-state index in [2.05, 4.69) is 34.4 Å². The average molecular weight is 463 g/mol. The molecule has 3 N–H and O–H groups in total. The maximum atomic E-state index is 10.2. The Labute approximate surface area is 203 Å². The van der Waals surface area contributed by atoms with E-state index in [1.807, 2.05) is 50.4 Å². The molecule has 0 saturated heterocycles. The van der Waals surface area contributed by atoms with Gasteiger partial charge in [0.05, 0.1) is 28.6 Å². The van der Waals surface area contributed by atoms with Gasteiger partial charge in [0.2, 0.25) is 0 Å². The monoisotopic (exact) mass is 462 g/mol. The summed E-state index contributed by atoms with van der Waals surface area (Å²) in [5.74, 6) is 0. The van der Waals surface area contributed by atoms with Crippen molar-refractivity contribution in [3.05, 3.63) is 77.3 Å². The third-order valence-electron chi connectivity index (χ3n) is 7.20. The predicted molar refractivity (Wildman–Crippen MR) is 135 cm³/mol. The maximum Gasteiger partial charge on any atom is 0.165 e. The molecule has 3 heterocycles. The molecule has 0 spiro atoms. The Balaban J connectivity index is 1.55. The second-order valence-electron chi connectivity index (χ2n) is 10.2. The number of fused-ring (bicyclic) bond motifs is 3. The number of nitriles is 1. The maximum absolute atomic E-state index is 10.2. The molecule has 7 heteroatoms. The van der Waals surface area contributed by atoms with Crippen LogP contribution in [0.4, 0.5) is 0 Å². The molecule has 2 aliphatic carbocycles. The summed E-state index contributed by atoms with van der Waals surface area (Å²) in [6.07, 6.45) is 8.75. The van der Waals surface area contributed by atoms with Crippen molar-refractivity contribution in [2.75, 3.05) is 0 Å². The lowest BCUT2D eigenvalue weighted by atomic mass is 9.61. The summed E-state index contributed by atoms with van der Waals surface area (Å²) >= 11 is 0. The smallest absolute Gasteiger partial charge is 0.165 e. The van der Waals surface area contributed by atoms with E-state index in [-0.39, 0.29) is 0 Å². The quantitative estimate of drug-likeness (QED) is 0.464. The van der Waals surface area contributed by atoms with Crippen molar-refractivity contribution in [1.29, 1.82) is 5.26 Å². The van der Waals surface area contributed by atoms with Crippen molar-refractivity contribution in [2.45, 2.75) is 50.7 Å². The Morgan fingerprint density at radius 1 is 1.11 bits per heavy atom. The van der Waals surface area contributed by atoms with Crippen LogP contribution in [0.1, 0.15) is 49.6 Å². The summed E-state index contributed by atoms with van der Waals surface area (Å²) in [4.78, 5) is 9.67. The van der Waals surface area contributed by atoms with E-state index < -0.39 is 11.1 Å². The zero-order chi connectivity index (χ0) is 24.4. The molecular formula is C28H26N6O. The van der Waals surface area contributed by atoms with E-state index in [1.165, 1.54) is 5.57 Å². The normalized spacial score (nSPS) is 24.1. The third-order valence-corrected chi connectivity index (χ3v) is 7.20. The molecule has 6 rings (SSSR count). The van der Waals surface area contributed by atoms with Gasteiger partial charge in [0.25, 0.3) is 0 Å². The molecule has 174 valence electrons. The molecule has 1 aromatic carbocycles. The third kappa shape index (κ3) is 3.54. The molecule has 2 aliphatic rings. The van der Waals surface area contributed by atoms with Crippen molar-refractivity contribution in [2.24, 2.45) is 5.73 Å². The van der Waals surface area contributed by atoms with Gasteiger partial charge in [0, 0.05) is 34.3 Å². The van der Waals surface area contributed by atoms with Gasteiger partial charge in [-0.2, -0.15) is 14.9 Å². The van der Waals surface area contributed by atoms with Crippen molar-refractivity contribution in [3.8, 4) is 17.2 Å². The van der Waals surface area contributed by atoms with Crippen LogP contribution in [0.5, 0.6) is 0 Å². The molecule has 0 unspecified atom stereocenters. The van der Waals surface area contributed by atoms with Gasteiger partial charge in [-0.25, -0.2) is 9.97 Å². The molecule has 1 saturated carbocycles. The Kier molecular flexibility index (Phi) is 4.69. The van der Waals surface area contributed by atoms with Crippen LogP contribution in [0.15, 0.2) is 60.3 Å². The number of aryl methyl sites for hydroxylation is 1. The van der Waals surface area contributed by atoms with Gasteiger partial charge >= 0.3 is 0 Å². The molecule has 35 heavy (non-hydrogen) atoms. The lowest BCUT2D eigenvalue weighted by Gasteiger charge is -2.51. The van der Waals surface area contributed by atoms with E-state index in [0.29, 0.717) is 18.4 Å². The SMILES string of the molecule is Cc1cc2ncc3cc(-c4ccccc4C#N)c(C4=CC=C(C5(N)CC(C)(O)C5)CC4)nc3n2n1. The highest BCUT2D eigenvalue weighted by Crippen LogP contribution is 2.47. The summed E-state index contributed by atoms with van der Waals surface area (Å²) in [6.45, 7) is 3.78. The predicted octanol–water partition coefficient (Wildman–Crippen LogP) is 4.47. The van der Waals surface area contributed by atoms with Crippen molar-refractivity contribution in [1.82, 2.24) is 19.6 Å². The number of rotatable bonds is 3. The number of aromatic nitrogens is 4. The lowest BCUT2D eigenvalue weighted by Crippen LogP contribution is -2.61. The first-order chi connectivity index (χ1) is 16.8. The fourth-order valence-corrected chi connectivity index (χ4v) is 5.70. The highest BCUT2D eigenvalue weighted by atomic mass is 16.3. The Bertz CT molecular complexity index is 1610. The fourth-order valence-electron chi connectivity index (χ4n) is 5.70. The summed E-state index contributed by atoms with van der Waals surface area (Å²) < 4.78 is 1.78. The summed E-state index contributed by atoms with van der Waals surface area (Å²) in [5, 5.41) is 25.5. The number of allylic oxidation sites excluding steroid dienone is 3. The fraction of sp³-hybridized carbons (Fsp3) is 0.286. The minimum absolute atomic E-state index is 0.441. The summed E-state index contributed by atoms with van der Waals surface area (Å²) in [7, 11) is 0. The zero-order valence-electron chi connectivity index (χ0n) is 19.8. The van der Waals surface area contributed by atoms with E-state index >= 15 is 0 Å². The van der Waals surface area contributed by atoms with E-state index in [0.717, 1.165) is 57.6 Å². The van der Waals surface area contributed by atoms with Gasteiger partial charge < -0.3 is 10.8 Å². The Morgan fingerprint density at radius 3 is 2.63 bits per heavy atom. The molecule has 0 aliphatic heterocycles. The van der Waals surface area contributed by atoms with E-state index in [1.54, 1.807) is 4.52 Å². The van der Waals surface area contributed by atoms with Gasteiger partial charge in [-0.1, -0.05) is 30.4 Å². The van der Waals surface area contributed by atoms with Crippen LogP contribution < -0.4 is 5.73 Å². The molecule has 7 nitrogen and oxygen atoms in total. The molecule has 0 radical (unpaired) electrons. The number of benzene rings is 1. The first kappa shape index (κ1) is 21.7. The number of pyridine rings is 1. The Hall–Kier alpha value is -3.86. The molecule has 4 aromatic rings. The second-order valence-corrected chi connectivity index (χ2v) is 10.2. The van der Waals surface area contributed by atoms with Crippen LogP contribution in [0, 0.1) is 18.3 Å². The second kappa shape index (κ2) is 7.57. The van der Waals surface area contributed by atoms with E-state index in [9.17, 15) is 10.4 Å². The van der Waals surface area contributed by atoms with Gasteiger partial charge in [0.1, 0.15) is 0 Å². The molecule has 3 aromatic heterocycles. The van der Waals surface area contributed by atoms with Crippen LogP contribution in [-0.2, 0) is 0 Å². The minimum atomic E-state index is -0.686. The van der Waals surface area contributed by atoms with Crippen LogP contribution in [-0.4, -0.2) is 35.8 Å². The van der Waals surface area contributed by atoms with Crippen molar-refractivity contribution >= 4 is 22.3 Å². The summed E-state index contributed by atoms with van der Waals surface area (Å²) in [5.41, 5.74) is 13.3. The van der Waals surface area contributed by atoms with Crippen molar-refractivity contribution in [3.63, 3.8) is 0 Å². The van der Waals surface area contributed by atoms with Crippen LogP contribution in [0.3, 0.4) is 0 Å².